The van der Waals surface area contributed by atoms with Gasteiger partial charge in [0.1, 0.15) is 16.9 Å². The maximum absolute atomic E-state index is 13.9. The number of aliphatic hydroxyl groups is 1. The Labute approximate surface area is 326 Å². The van der Waals surface area contributed by atoms with Crippen molar-refractivity contribution in [2.24, 2.45) is 11.8 Å². The summed E-state index contributed by atoms with van der Waals surface area (Å²) in [4.78, 5) is 33.9. The quantitative estimate of drug-likeness (QED) is 0.0505. The third-order valence-corrected chi connectivity index (χ3v) is 14.9. The molecule has 0 radical (unpaired) electrons. The van der Waals surface area contributed by atoms with Gasteiger partial charge in [0, 0.05) is 26.8 Å². The molecule has 0 spiro atoms. The predicted octanol–water partition coefficient (Wildman–Crippen LogP) is 4.05. The highest BCUT2D eigenvalue weighted by atomic mass is 32.2. The third kappa shape index (κ3) is 8.95. The van der Waals surface area contributed by atoms with E-state index in [1.807, 2.05) is 4.90 Å². The number of nitrogens with zero attached hydrogens (tertiary/aromatic N) is 2. The zero-order chi connectivity index (χ0) is 37.3. The SMILES string of the molecule is CCC(CC)(NC(=O)c1ccc(N2CC(OC)C2)c(OC[C@H]2C[C@@H]2CO)n1)C(=O)OC(S)(S)C(S)(S)C(S)(S)OS(=O)(=O)c1ccc(C)cc1. The van der Waals surface area contributed by atoms with Crippen LogP contribution < -0.4 is 15.0 Å². The molecule has 1 saturated heterocycles. The van der Waals surface area contributed by atoms with Crippen LogP contribution in [0.4, 0.5) is 5.69 Å². The molecule has 1 aromatic heterocycles. The highest BCUT2D eigenvalue weighted by Gasteiger charge is 2.61. The van der Waals surface area contributed by atoms with Crippen molar-refractivity contribution in [3.63, 3.8) is 0 Å². The van der Waals surface area contributed by atoms with Gasteiger partial charge in [-0.05, 0) is 62.3 Å². The molecule has 2 N–H and O–H groups in total. The molecule has 4 rings (SSSR count). The molecule has 2 aromatic rings. The van der Waals surface area contributed by atoms with E-state index in [4.69, 9.17) is 18.4 Å². The predicted molar refractivity (Wildman–Crippen MR) is 210 cm³/mol. The maximum Gasteiger partial charge on any atom is 0.333 e. The van der Waals surface area contributed by atoms with Crippen LogP contribution in [0.25, 0.3) is 0 Å². The number of aryl methyl sites for hydroxylation is 1. The molecule has 12 nitrogen and oxygen atoms in total. The number of amides is 1. The number of hydrogen-bond acceptors (Lipinski definition) is 17. The molecule has 278 valence electrons. The molecule has 2 atom stereocenters. The van der Waals surface area contributed by atoms with Gasteiger partial charge in [-0.25, -0.2) is 14.0 Å². The number of pyridine rings is 1. The summed E-state index contributed by atoms with van der Waals surface area (Å²) in [5.74, 6) is -1.05. The molecule has 0 bridgehead atoms. The summed E-state index contributed by atoms with van der Waals surface area (Å²) in [5.41, 5.74) is -0.122. The second-order valence-corrected chi connectivity index (χ2v) is 18.9. The average molecular weight is 826 g/mol. The van der Waals surface area contributed by atoms with Crippen LogP contribution in [0, 0.1) is 18.8 Å². The number of carbonyl (C=O) groups excluding carboxylic acids is 2. The Morgan fingerprint density at radius 1 is 0.980 bits per heavy atom. The molecular weight excluding hydrogens is 783 g/mol. The molecule has 2 heterocycles. The normalized spacial score (nSPS) is 18.7. The van der Waals surface area contributed by atoms with Crippen molar-refractivity contribution in [3.8, 4) is 5.88 Å². The first-order valence-electron chi connectivity index (χ1n) is 15.7. The molecule has 2 aliphatic rings. The van der Waals surface area contributed by atoms with Crippen LogP contribution in [0.2, 0.25) is 0 Å². The highest BCUT2D eigenvalue weighted by molar-refractivity contribution is 8.12. The van der Waals surface area contributed by atoms with Crippen LogP contribution in [-0.2, 0) is 28.6 Å². The Bertz CT molecular complexity index is 1650. The van der Waals surface area contributed by atoms with Gasteiger partial charge in [0.05, 0.1) is 17.6 Å². The van der Waals surface area contributed by atoms with Crippen molar-refractivity contribution < 1.29 is 41.5 Å². The fraction of sp³-hybridized carbons (Fsp3) is 0.581. The first kappa shape index (κ1) is 41.6. The number of anilines is 1. The fourth-order valence-corrected chi connectivity index (χ4v) is 8.18. The largest absolute Gasteiger partial charge is 0.476 e. The van der Waals surface area contributed by atoms with E-state index in [-0.39, 0.29) is 53.9 Å². The van der Waals surface area contributed by atoms with Crippen molar-refractivity contribution in [3.05, 3.63) is 47.7 Å². The number of methoxy groups -OCH3 is 1. The molecule has 1 aliphatic heterocycles. The Kier molecular flexibility index (Phi) is 13.4. The van der Waals surface area contributed by atoms with Crippen LogP contribution in [-0.4, -0.2) is 88.1 Å². The maximum atomic E-state index is 13.9. The van der Waals surface area contributed by atoms with Crippen molar-refractivity contribution >= 4 is 103 Å². The summed E-state index contributed by atoms with van der Waals surface area (Å²) in [6.45, 7) is 6.79. The first-order chi connectivity index (χ1) is 23.3. The number of aromatic nitrogens is 1. The van der Waals surface area contributed by atoms with E-state index in [1.54, 1.807) is 46.1 Å². The minimum absolute atomic E-state index is 0.0126. The van der Waals surface area contributed by atoms with E-state index in [9.17, 15) is 23.1 Å². The highest BCUT2D eigenvalue weighted by Crippen LogP contribution is 2.55. The number of benzene rings is 1. The van der Waals surface area contributed by atoms with Gasteiger partial charge in [0.15, 0.2) is 4.08 Å². The van der Waals surface area contributed by atoms with Crippen molar-refractivity contribution in [1.82, 2.24) is 10.3 Å². The van der Waals surface area contributed by atoms with Gasteiger partial charge in [-0.1, -0.05) is 31.5 Å². The fourth-order valence-electron chi connectivity index (χ4n) is 5.14. The summed E-state index contributed by atoms with van der Waals surface area (Å²) in [5, 5.41) is 12.2. The van der Waals surface area contributed by atoms with Crippen molar-refractivity contribution in [2.45, 2.75) is 69.2 Å². The zero-order valence-electron chi connectivity index (χ0n) is 27.8. The van der Waals surface area contributed by atoms with E-state index in [2.05, 4.69) is 86.1 Å². The molecule has 50 heavy (non-hydrogen) atoms. The number of nitrogens with one attached hydrogen (secondary N) is 1. The minimum Gasteiger partial charge on any atom is -0.476 e. The molecule has 1 aliphatic carbocycles. The van der Waals surface area contributed by atoms with Gasteiger partial charge >= 0.3 is 5.97 Å². The standard InChI is InChI=1S/C31H43N3O9S7/c1-5-28(6-2,27(37)42-30(46,47)29(44,45)31(48,49)43-50(38,39)22-9-7-18(3)8-10-22)33-25(36)23-11-12-24(34-14-21(15-34)40-4)26(32-23)41-17-20-13-19(20)16-35/h7-12,19-21,35,44-49H,5-6,13-17H2,1-4H3,(H,33,36)/t19-,20-/m1/s1. The summed E-state index contributed by atoms with van der Waals surface area (Å²) >= 11 is 26.1. The van der Waals surface area contributed by atoms with Gasteiger partial charge in [-0.2, -0.15) is 33.7 Å². The third-order valence-electron chi connectivity index (χ3n) is 8.96. The van der Waals surface area contributed by atoms with Crippen LogP contribution in [0.15, 0.2) is 41.3 Å². The van der Waals surface area contributed by atoms with E-state index in [0.29, 0.717) is 25.4 Å². The smallest absolute Gasteiger partial charge is 0.333 e. The average Bonchev–Trinajstić information content (AvgIpc) is 3.80. The van der Waals surface area contributed by atoms with Gasteiger partial charge in [0.2, 0.25) is 14.4 Å². The molecule has 2 fully saturated rings. The summed E-state index contributed by atoms with van der Waals surface area (Å²) in [6.07, 6.45) is 1.04. The van der Waals surface area contributed by atoms with Crippen molar-refractivity contribution in [2.75, 3.05) is 38.3 Å². The van der Waals surface area contributed by atoms with Crippen LogP contribution >= 0.6 is 75.8 Å². The van der Waals surface area contributed by atoms with E-state index in [1.165, 1.54) is 18.2 Å². The lowest BCUT2D eigenvalue weighted by Gasteiger charge is -2.45. The number of thiol groups is 6. The molecule has 0 unspecified atom stereocenters. The molecule has 19 heteroatoms. The molecule has 1 amide bonds. The monoisotopic (exact) mass is 825 g/mol. The van der Waals surface area contributed by atoms with Crippen LogP contribution in [0.5, 0.6) is 5.88 Å². The second-order valence-electron chi connectivity index (χ2n) is 12.4. The zero-order valence-corrected chi connectivity index (χ0v) is 34.0. The molecule has 1 aromatic carbocycles. The van der Waals surface area contributed by atoms with E-state index in [0.717, 1.165) is 12.0 Å². The number of esters is 1. The van der Waals surface area contributed by atoms with Gasteiger partial charge in [-0.15, -0.1) is 50.5 Å². The van der Waals surface area contributed by atoms with Crippen LogP contribution in [0.3, 0.4) is 0 Å². The first-order valence-corrected chi connectivity index (χ1v) is 19.8. The lowest BCUT2D eigenvalue weighted by atomic mass is 9.92. The summed E-state index contributed by atoms with van der Waals surface area (Å²) in [6, 6.07) is 9.10. The minimum atomic E-state index is -4.47. The topological polar surface area (TPSA) is 154 Å². The van der Waals surface area contributed by atoms with E-state index >= 15 is 0 Å². The Balaban J connectivity index is 1.53. The summed E-state index contributed by atoms with van der Waals surface area (Å²) in [7, 11) is -2.83. The summed E-state index contributed by atoms with van der Waals surface area (Å²) < 4.78 is 41.7. The number of ether oxygens (including phenoxy) is 3. The number of carbonyl (C=O) groups is 2. The van der Waals surface area contributed by atoms with Gasteiger partial charge in [0.25, 0.3) is 16.0 Å². The van der Waals surface area contributed by atoms with Gasteiger partial charge in [-0.3, -0.25) is 4.79 Å². The van der Waals surface area contributed by atoms with E-state index < -0.39 is 40.1 Å². The Hall–Kier alpha value is -1.16. The van der Waals surface area contributed by atoms with Crippen molar-refractivity contribution in [1.29, 1.82) is 0 Å². The Morgan fingerprint density at radius 3 is 2.14 bits per heavy atom. The lowest BCUT2D eigenvalue weighted by Crippen LogP contribution is -2.60. The second kappa shape index (κ2) is 16.1. The molecule has 1 saturated carbocycles. The number of rotatable bonds is 17. The van der Waals surface area contributed by atoms with Gasteiger partial charge < -0.3 is 29.5 Å². The Morgan fingerprint density at radius 2 is 1.60 bits per heavy atom. The number of hydrogen-bond donors (Lipinski definition) is 8. The van der Waals surface area contributed by atoms with Crippen LogP contribution in [0.1, 0.15) is 49.2 Å². The molecular formula is C31H43N3O9S7. The lowest BCUT2D eigenvalue weighted by molar-refractivity contribution is -0.155. The number of aliphatic hydroxyl groups excluding tert-OH is 1.